The normalized spacial score (nSPS) is 14.5. The lowest BCUT2D eigenvalue weighted by molar-refractivity contribution is 0.436. The Morgan fingerprint density at radius 1 is 0.422 bits per heavy atom. The SMILES string of the molecule is CC1(C)c2ccccc2-c2ccc(-c3nc(-n4c5cc(-c6ccccc6)ccc5c5c6c(ccc54)C4(c5ccccc5Oc5ccccc54)c4ccccc4-6)nc4ccccc34)cc21. The van der Waals surface area contributed by atoms with Crippen molar-refractivity contribution in [2.24, 2.45) is 0 Å². The van der Waals surface area contributed by atoms with Gasteiger partial charge in [-0.1, -0.05) is 178 Å². The van der Waals surface area contributed by atoms with Crippen molar-refractivity contribution in [3.63, 3.8) is 0 Å². The summed E-state index contributed by atoms with van der Waals surface area (Å²) >= 11 is 0. The second-order valence-electron chi connectivity index (χ2n) is 18.0. The molecule has 1 spiro atoms. The van der Waals surface area contributed by atoms with Gasteiger partial charge in [0, 0.05) is 38.3 Å². The second kappa shape index (κ2) is 12.7. The number of ether oxygens (including phenoxy) is 1. The first-order valence-electron chi connectivity index (χ1n) is 22.2. The molecule has 0 fully saturated rings. The number of nitrogens with zero attached hydrogens (tertiary/aromatic N) is 3. The summed E-state index contributed by atoms with van der Waals surface area (Å²) in [4.78, 5) is 11.1. The Morgan fingerprint density at radius 3 is 1.86 bits per heavy atom. The number of fused-ring (bicyclic) bond motifs is 17. The van der Waals surface area contributed by atoms with Gasteiger partial charge in [0.05, 0.1) is 27.7 Å². The highest BCUT2D eigenvalue weighted by molar-refractivity contribution is 6.19. The number of rotatable bonds is 3. The van der Waals surface area contributed by atoms with Crippen LogP contribution in [-0.4, -0.2) is 14.5 Å². The molecule has 300 valence electrons. The van der Waals surface area contributed by atoms with E-state index >= 15 is 0 Å². The number of hydrogen-bond acceptors (Lipinski definition) is 3. The molecule has 0 amide bonds. The van der Waals surface area contributed by atoms with Crippen LogP contribution in [0.4, 0.5) is 0 Å². The molecule has 4 heteroatoms. The molecule has 0 bridgehead atoms. The molecule has 2 aliphatic carbocycles. The average molecular weight is 818 g/mol. The van der Waals surface area contributed by atoms with Crippen LogP contribution in [0.15, 0.2) is 200 Å². The second-order valence-corrected chi connectivity index (χ2v) is 18.0. The third kappa shape index (κ3) is 4.56. The number of hydrogen-bond donors (Lipinski definition) is 0. The van der Waals surface area contributed by atoms with E-state index in [1.165, 1.54) is 49.9 Å². The molecule has 3 aliphatic rings. The van der Waals surface area contributed by atoms with E-state index in [4.69, 9.17) is 14.7 Å². The fourth-order valence-electron chi connectivity index (χ4n) is 11.7. The van der Waals surface area contributed by atoms with E-state index in [2.05, 4.69) is 219 Å². The summed E-state index contributed by atoms with van der Waals surface area (Å²) in [5.74, 6) is 2.41. The van der Waals surface area contributed by atoms with Crippen molar-refractivity contribution in [1.29, 1.82) is 0 Å². The van der Waals surface area contributed by atoms with Crippen LogP contribution in [0, 0.1) is 0 Å². The maximum atomic E-state index is 6.68. The fraction of sp³-hybridized carbons (Fsp3) is 0.0667. The van der Waals surface area contributed by atoms with Crippen molar-refractivity contribution in [3.05, 3.63) is 234 Å². The van der Waals surface area contributed by atoms with Crippen LogP contribution in [0.1, 0.15) is 47.2 Å². The topological polar surface area (TPSA) is 39.9 Å². The van der Waals surface area contributed by atoms with Gasteiger partial charge >= 0.3 is 0 Å². The molecule has 1 aliphatic heterocycles. The van der Waals surface area contributed by atoms with E-state index in [-0.39, 0.29) is 5.41 Å². The molecule has 2 aromatic heterocycles. The van der Waals surface area contributed by atoms with Crippen LogP contribution in [0.2, 0.25) is 0 Å². The van der Waals surface area contributed by atoms with E-state index < -0.39 is 5.41 Å². The Hall–Kier alpha value is -8.08. The van der Waals surface area contributed by atoms with Crippen molar-refractivity contribution in [2.75, 3.05) is 0 Å². The summed E-state index contributed by atoms with van der Waals surface area (Å²) in [6, 6.07) is 72.6. The highest BCUT2D eigenvalue weighted by Gasteiger charge is 2.51. The minimum absolute atomic E-state index is 0.145. The molecule has 11 aromatic rings. The first-order valence-corrected chi connectivity index (χ1v) is 22.2. The first kappa shape index (κ1) is 35.5. The Morgan fingerprint density at radius 2 is 1.06 bits per heavy atom. The standard InChI is InChI=1S/C60H39N3O/c1-59(2)44-21-9-6-18-39(44)40-30-29-38(34-49(40)59)57-42-20-8-13-25-50(42)61-58(62-57)63-51-33-32-48-55(56(51)43-31-28-37(35-52(43)63)36-16-4-3-5-17-36)41-19-7-10-22-45(41)60(48)46-23-11-14-26-53(46)64-54-27-15-12-24-47(54)60/h3-35H,1-2H3. The first-order chi connectivity index (χ1) is 31.5. The molecule has 64 heavy (non-hydrogen) atoms. The van der Waals surface area contributed by atoms with Gasteiger partial charge in [0.15, 0.2) is 0 Å². The Balaban J connectivity index is 1.08. The van der Waals surface area contributed by atoms with Crippen LogP contribution in [0.3, 0.4) is 0 Å². The summed E-state index contributed by atoms with van der Waals surface area (Å²) in [5.41, 5.74) is 19.1. The largest absolute Gasteiger partial charge is 0.457 e. The zero-order valence-electron chi connectivity index (χ0n) is 35.3. The van der Waals surface area contributed by atoms with Crippen LogP contribution >= 0.6 is 0 Å². The highest BCUT2D eigenvalue weighted by Crippen LogP contribution is 2.63. The van der Waals surface area contributed by atoms with Crippen molar-refractivity contribution in [2.45, 2.75) is 24.7 Å². The van der Waals surface area contributed by atoms with E-state index in [0.717, 1.165) is 72.3 Å². The van der Waals surface area contributed by atoms with Gasteiger partial charge in [-0.2, -0.15) is 0 Å². The van der Waals surface area contributed by atoms with E-state index in [0.29, 0.717) is 5.95 Å². The zero-order valence-corrected chi connectivity index (χ0v) is 35.3. The van der Waals surface area contributed by atoms with Crippen LogP contribution < -0.4 is 4.74 Å². The average Bonchev–Trinajstić information content (AvgIpc) is 3.92. The summed E-state index contributed by atoms with van der Waals surface area (Å²) in [5, 5.41) is 3.37. The molecule has 0 atom stereocenters. The molecule has 0 unspecified atom stereocenters. The third-order valence-electron chi connectivity index (χ3n) is 14.5. The zero-order chi connectivity index (χ0) is 42.3. The smallest absolute Gasteiger partial charge is 0.235 e. The van der Waals surface area contributed by atoms with Gasteiger partial charge in [-0.25, -0.2) is 9.97 Å². The van der Waals surface area contributed by atoms with Gasteiger partial charge in [0.25, 0.3) is 0 Å². The molecular formula is C60H39N3O. The van der Waals surface area contributed by atoms with Crippen molar-refractivity contribution >= 4 is 32.7 Å². The maximum Gasteiger partial charge on any atom is 0.235 e. The minimum atomic E-state index is -0.586. The number of para-hydroxylation sites is 3. The van der Waals surface area contributed by atoms with E-state index in [1.54, 1.807) is 0 Å². The summed E-state index contributed by atoms with van der Waals surface area (Å²) in [7, 11) is 0. The molecule has 0 radical (unpaired) electrons. The van der Waals surface area contributed by atoms with Gasteiger partial charge in [-0.3, -0.25) is 4.57 Å². The van der Waals surface area contributed by atoms with Gasteiger partial charge in [-0.15, -0.1) is 0 Å². The Kier molecular flexibility index (Phi) is 7.07. The quantitative estimate of drug-likeness (QED) is 0.178. The summed E-state index contributed by atoms with van der Waals surface area (Å²) < 4.78 is 9.00. The highest BCUT2D eigenvalue weighted by atomic mass is 16.5. The van der Waals surface area contributed by atoms with Crippen LogP contribution in [0.25, 0.3) is 83.3 Å². The lowest BCUT2D eigenvalue weighted by Gasteiger charge is -2.39. The molecule has 0 N–H and O–H groups in total. The minimum Gasteiger partial charge on any atom is -0.457 e. The van der Waals surface area contributed by atoms with Crippen molar-refractivity contribution in [1.82, 2.24) is 14.5 Å². The fourth-order valence-corrected chi connectivity index (χ4v) is 11.7. The van der Waals surface area contributed by atoms with Gasteiger partial charge in [0.1, 0.15) is 11.5 Å². The maximum absolute atomic E-state index is 6.68. The Bertz CT molecular complexity index is 3760. The predicted octanol–water partition coefficient (Wildman–Crippen LogP) is 14.8. The monoisotopic (exact) mass is 817 g/mol. The lowest BCUT2D eigenvalue weighted by Crippen LogP contribution is -2.32. The molecule has 9 aromatic carbocycles. The summed E-state index contributed by atoms with van der Waals surface area (Å²) in [6.07, 6.45) is 0. The molecule has 14 rings (SSSR count). The number of benzene rings is 9. The van der Waals surface area contributed by atoms with Crippen molar-refractivity contribution < 1.29 is 4.74 Å². The molecule has 3 heterocycles. The predicted molar refractivity (Wildman–Crippen MR) is 260 cm³/mol. The van der Waals surface area contributed by atoms with Crippen LogP contribution in [-0.2, 0) is 10.8 Å². The molecular weight excluding hydrogens is 779 g/mol. The summed E-state index contributed by atoms with van der Waals surface area (Å²) in [6.45, 7) is 4.68. The third-order valence-corrected chi connectivity index (χ3v) is 14.5. The van der Waals surface area contributed by atoms with E-state index in [9.17, 15) is 0 Å². The van der Waals surface area contributed by atoms with Gasteiger partial charge in [0.2, 0.25) is 5.95 Å². The van der Waals surface area contributed by atoms with Gasteiger partial charge < -0.3 is 4.74 Å². The molecule has 4 nitrogen and oxygen atoms in total. The van der Waals surface area contributed by atoms with Gasteiger partial charge in [-0.05, 0) is 92.0 Å². The van der Waals surface area contributed by atoms with Crippen molar-refractivity contribution in [3.8, 4) is 62.1 Å². The van der Waals surface area contributed by atoms with Crippen LogP contribution in [0.5, 0.6) is 11.5 Å². The molecule has 0 saturated carbocycles. The number of aromatic nitrogens is 3. The molecule has 0 saturated heterocycles. The lowest BCUT2D eigenvalue weighted by atomic mass is 9.66. The van der Waals surface area contributed by atoms with E-state index in [1.807, 2.05) is 0 Å². The Labute approximate surface area is 370 Å².